The third kappa shape index (κ3) is 4.82. The number of hydrogen-bond acceptors (Lipinski definition) is 4. The molecule has 5 heteroatoms. The van der Waals surface area contributed by atoms with E-state index in [4.69, 9.17) is 9.47 Å². The minimum atomic E-state index is -0.0101. The molecule has 0 N–H and O–H groups in total. The summed E-state index contributed by atoms with van der Waals surface area (Å²) in [6.45, 7) is 4.29. The number of likely N-dealkylation sites (N-methyl/N-ethyl adjacent to an activating group) is 1. The third-order valence-corrected chi connectivity index (χ3v) is 4.50. The maximum Gasteiger partial charge on any atom is 0.246 e. The van der Waals surface area contributed by atoms with Gasteiger partial charge in [-0.1, -0.05) is 18.2 Å². The van der Waals surface area contributed by atoms with Crippen LogP contribution < -0.4 is 14.4 Å². The predicted molar refractivity (Wildman–Crippen MR) is 108 cm³/mol. The summed E-state index contributed by atoms with van der Waals surface area (Å²) in [7, 11) is 4.01. The van der Waals surface area contributed by atoms with Crippen LogP contribution in [0.2, 0.25) is 0 Å². The molecule has 1 heterocycles. The fraction of sp³-hybridized carbons (Fsp3) is 0.318. The molecule has 0 aliphatic carbocycles. The lowest BCUT2D eigenvalue weighted by Gasteiger charge is -2.22. The van der Waals surface area contributed by atoms with E-state index >= 15 is 0 Å². The minimum Gasteiger partial charge on any atom is -0.486 e. The minimum absolute atomic E-state index is 0.0101. The Bertz CT molecular complexity index is 813. The summed E-state index contributed by atoms with van der Waals surface area (Å²) in [6.07, 6.45) is 3.49. The van der Waals surface area contributed by atoms with E-state index in [1.807, 2.05) is 74.5 Å². The fourth-order valence-electron chi connectivity index (χ4n) is 2.91. The van der Waals surface area contributed by atoms with Gasteiger partial charge < -0.3 is 19.3 Å². The number of benzene rings is 2. The van der Waals surface area contributed by atoms with E-state index in [9.17, 15) is 4.79 Å². The van der Waals surface area contributed by atoms with E-state index in [2.05, 4.69) is 0 Å². The highest BCUT2D eigenvalue weighted by Crippen LogP contribution is 2.31. The molecule has 1 amide bonds. The number of rotatable bonds is 6. The standard InChI is InChI=1S/C22H26N2O3/c1-4-24(16-18-7-11-20-21(15-18)27-14-13-26-20)22(25)12-8-17-5-9-19(10-6-17)23(2)3/h5-12,15H,4,13-14,16H2,1-3H3/b12-8+. The largest absolute Gasteiger partial charge is 0.486 e. The average molecular weight is 366 g/mol. The summed E-state index contributed by atoms with van der Waals surface area (Å²) >= 11 is 0. The Labute approximate surface area is 160 Å². The summed E-state index contributed by atoms with van der Waals surface area (Å²) < 4.78 is 11.2. The molecule has 0 saturated carbocycles. The van der Waals surface area contributed by atoms with Gasteiger partial charge in [0.05, 0.1) is 0 Å². The monoisotopic (exact) mass is 366 g/mol. The van der Waals surface area contributed by atoms with Crippen LogP contribution in [0.4, 0.5) is 5.69 Å². The first-order chi connectivity index (χ1) is 13.1. The second-order valence-electron chi connectivity index (χ2n) is 6.65. The highest BCUT2D eigenvalue weighted by molar-refractivity contribution is 5.91. The first-order valence-corrected chi connectivity index (χ1v) is 9.19. The molecular formula is C22H26N2O3. The predicted octanol–water partition coefficient (Wildman–Crippen LogP) is 3.59. The van der Waals surface area contributed by atoms with Crippen LogP contribution in [0.5, 0.6) is 11.5 Å². The average Bonchev–Trinajstić information content (AvgIpc) is 2.70. The molecule has 1 aliphatic rings. The Hall–Kier alpha value is -2.95. The summed E-state index contributed by atoms with van der Waals surface area (Å²) in [5.74, 6) is 1.50. The zero-order chi connectivity index (χ0) is 19.2. The van der Waals surface area contributed by atoms with Gasteiger partial charge in [0.2, 0.25) is 5.91 Å². The van der Waals surface area contributed by atoms with Gasteiger partial charge in [-0.2, -0.15) is 0 Å². The second kappa shape index (κ2) is 8.62. The van der Waals surface area contributed by atoms with Crippen molar-refractivity contribution in [3.05, 3.63) is 59.7 Å². The highest BCUT2D eigenvalue weighted by Gasteiger charge is 2.14. The molecule has 1 aliphatic heterocycles. The van der Waals surface area contributed by atoms with E-state index in [0.29, 0.717) is 26.3 Å². The molecule has 142 valence electrons. The van der Waals surface area contributed by atoms with Gasteiger partial charge in [-0.15, -0.1) is 0 Å². The fourth-order valence-corrected chi connectivity index (χ4v) is 2.91. The van der Waals surface area contributed by atoms with Gasteiger partial charge in [0.1, 0.15) is 13.2 Å². The van der Waals surface area contributed by atoms with E-state index in [-0.39, 0.29) is 5.91 Å². The van der Waals surface area contributed by atoms with E-state index in [1.165, 1.54) is 0 Å². The maximum absolute atomic E-state index is 12.6. The molecule has 0 bridgehead atoms. The van der Waals surface area contributed by atoms with Crippen LogP contribution in [0, 0.1) is 0 Å². The Morgan fingerprint density at radius 2 is 1.74 bits per heavy atom. The number of ether oxygens (including phenoxy) is 2. The van der Waals surface area contributed by atoms with Crippen molar-refractivity contribution in [3.8, 4) is 11.5 Å². The molecule has 0 spiro atoms. The van der Waals surface area contributed by atoms with Crippen LogP contribution in [0.15, 0.2) is 48.5 Å². The van der Waals surface area contributed by atoms with Crippen molar-refractivity contribution in [2.75, 3.05) is 38.8 Å². The molecule has 0 radical (unpaired) electrons. The molecule has 2 aromatic rings. The summed E-state index contributed by atoms with van der Waals surface area (Å²) in [4.78, 5) is 16.4. The second-order valence-corrected chi connectivity index (χ2v) is 6.65. The Morgan fingerprint density at radius 3 is 2.41 bits per heavy atom. The van der Waals surface area contributed by atoms with Gasteiger partial charge >= 0.3 is 0 Å². The van der Waals surface area contributed by atoms with Crippen molar-refractivity contribution in [2.24, 2.45) is 0 Å². The van der Waals surface area contributed by atoms with Crippen molar-refractivity contribution in [2.45, 2.75) is 13.5 Å². The van der Waals surface area contributed by atoms with Gasteiger partial charge in [0.15, 0.2) is 11.5 Å². The molecule has 27 heavy (non-hydrogen) atoms. The number of carbonyl (C=O) groups is 1. The zero-order valence-corrected chi connectivity index (χ0v) is 16.1. The Morgan fingerprint density at radius 1 is 1.04 bits per heavy atom. The third-order valence-electron chi connectivity index (χ3n) is 4.50. The summed E-state index contributed by atoms with van der Waals surface area (Å²) in [5.41, 5.74) is 3.16. The molecular weight excluding hydrogens is 340 g/mol. The SMILES string of the molecule is CCN(Cc1ccc2c(c1)OCCO2)C(=O)/C=C/c1ccc(N(C)C)cc1. The molecule has 2 aromatic carbocycles. The van der Waals surface area contributed by atoms with Gasteiger partial charge in [-0.3, -0.25) is 4.79 Å². The smallest absolute Gasteiger partial charge is 0.246 e. The number of amides is 1. The first-order valence-electron chi connectivity index (χ1n) is 9.19. The van der Waals surface area contributed by atoms with E-state index < -0.39 is 0 Å². The summed E-state index contributed by atoms with van der Waals surface area (Å²) in [5, 5.41) is 0. The van der Waals surface area contributed by atoms with Crippen LogP contribution in [-0.4, -0.2) is 44.7 Å². The van der Waals surface area contributed by atoms with Crippen molar-refractivity contribution in [1.29, 1.82) is 0 Å². The molecule has 0 aromatic heterocycles. The molecule has 0 unspecified atom stereocenters. The lowest BCUT2D eigenvalue weighted by atomic mass is 10.1. The number of anilines is 1. The van der Waals surface area contributed by atoms with E-state index in [1.54, 1.807) is 11.0 Å². The van der Waals surface area contributed by atoms with E-state index in [0.717, 1.165) is 28.3 Å². The van der Waals surface area contributed by atoms with Crippen molar-refractivity contribution < 1.29 is 14.3 Å². The quantitative estimate of drug-likeness (QED) is 0.733. The van der Waals surface area contributed by atoms with Gasteiger partial charge in [0, 0.05) is 38.9 Å². The molecule has 3 rings (SSSR count). The molecule has 0 fully saturated rings. The lowest BCUT2D eigenvalue weighted by molar-refractivity contribution is -0.126. The van der Waals surface area contributed by atoms with Gasteiger partial charge in [0.25, 0.3) is 0 Å². The number of carbonyl (C=O) groups excluding carboxylic acids is 1. The Kier molecular flexibility index (Phi) is 6.01. The zero-order valence-electron chi connectivity index (χ0n) is 16.1. The first kappa shape index (κ1) is 18.8. The normalized spacial score (nSPS) is 12.9. The van der Waals surface area contributed by atoms with Crippen LogP contribution >= 0.6 is 0 Å². The Balaban J connectivity index is 1.65. The summed E-state index contributed by atoms with van der Waals surface area (Å²) in [6, 6.07) is 13.9. The van der Waals surface area contributed by atoms with Crippen LogP contribution in [-0.2, 0) is 11.3 Å². The molecule has 0 saturated heterocycles. The van der Waals surface area contributed by atoms with Gasteiger partial charge in [-0.25, -0.2) is 0 Å². The van der Waals surface area contributed by atoms with Crippen molar-refractivity contribution in [1.82, 2.24) is 4.90 Å². The molecule has 5 nitrogen and oxygen atoms in total. The van der Waals surface area contributed by atoms with Gasteiger partial charge in [-0.05, 0) is 48.4 Å². The molecule has 0 atom stereocenters. The lowest BCUT2D eigenvalue weighted by Crippen LogP contribution is -2.28. The topological polar surface area (TPSA) is 42.0 Å². The number of fused-ring (bicyclic) bond motifs is 1. The van der Waals surface area contributed by atoms with Crippen molar-refractivity contribution >= 4 is 17.7 Å². The maximum atomic E-state index is 12.6. The highest BCUT2D eigenvalue weighted by atomic mass is 16.6. The van der Waals surface area contributed by atoms with Crippen LogP contribution in [0.1, 0.15) is 18.1 Å². The number of hydrogen-bond donors (Lipinski definition) is 0. The number of nitrogens with zero attached hydrogens (tertiary/aromatic N) is 2. The van der Waals surface area contributed by atoms with Crippen LogP contribution in [0.3, 0.4) is 0 Å². The van der Waals surface area contributed by atoms with Crippen LogP contribution in [0.25, 0.3) is 6.08 Å². The van der Waals surface area contributed by atoms with Crippen molar-refractivity contribution in [3.63, 3.8) is 0 Å².